The first-order valence-electron chi connectivity index (χ1n) is 10.1. The molecular formula is C26H24N2O3. The molecule has 31 heavy (non-hydrogen) atoms. The topological polar surface area (TPSA) is 51.1 Å². The predicted molar refractivity (Wildman–Crippen MR) is 122 cm³/mol. The molecule has 3 aromatic rings. The maximum Gasteiger partial charge on any atom is 0.276 e. The molecule has 0 fully saturated rings. The third-order valence-electron chi connectivity index (χ3n) is 5.04. The van der Waals surface area contributed by atoms with Crippen LogP contribution in [0.25, 0.3) is 6.08 Å². The third kappa shape index (κ3) is 4.83. The second kappa shape index (κ2) is 9.30. The monoisotopic (exact) mass is 412 g/mol. The lowest BCUT2D eigenvalue weighted by atomic mass is 10.1. The largest absolute Gasteiger partial charge is 0.493 e. The summed E-state index contributed by atoms with van der Waals surface area (Å²) in [7, 11) is 1.61. The van der Waals surface area contributed by atoms with E-state index in [0.29, 0.717) is 35.9 Å². The van der Waals surface area contributed by atoms with Crippen molar-refractivity contribution in [3.05, 3.63) is 101 Å². The molecule has 0 bridgehead atoms. The van der Waals surface area contributed by atoms with Crippen molar-refractivity contribution in [2.75, 3.05) is 7.11 Å². The zero-order valence-corrected chi connectivity index (χ0v) is 17.6. The summed E-state index contributed by atoms with van der Waals surface area (Å²) in [5.41, 5.74) is 4.23. The highest BCUT2D eigenvalue weighted by atomic mass is 16.5. The fourth-order valence-corrected chi connectivity index (χ4v) is 3.40. The van der Waals surface area contributed by atoms with E-state index >= 15 is 0 Å². The molecule has 5 nitrogen and oxygen atoms in total. The van der Waals surface area contributed by atoms with Crippen molar-refractivity contribution in [1.82, 2.24) is 5.01 Å². The molecule has 0 unspecified atom stereocenters. The van der Waals surface area contributed by atoms with Crippen LogP contribution in [0.5, 0.6) is 11.5 Å². The summed E-state index contributed by atoms with van der Waals surface area (Å²) in [6, 6.07) is 25.4. The van der Waals surface area contributed by atoms with Gasteiger partial charge in [-0.1, -0.05) is 66.7 Å². The number of carbonyl (C=O) groups is 1. The van der Waals surface area contributed by atoms with Gasteiger partial charge in [0.25, 0.3) is 5.91 Å². The Labute approximate surface area is 182 Å². The number of benzene rings is 3. The Morgan fingerprint density at radius 2 is 1.58 bits per heavy atom. The first-order valence-corrected chi connectivity index (χ1v) is 10.1. The van der Waals surface area contributed by atoms with E-state index in [-0.39, 0.29) is 5.91 Å². The van der Waals surface area contributed by atoms with E-state index in [1.807, 2.05) is 91.9 Å². The standard InChI is InChI=1S/C26H24N2O3/c1-19-23(26(29)28(27-19)17-20-9-5-3-6-10-20)15-22-13-14-24(30-2)25(16-22)31-18-21-11-7-4-8-12-21/h3-16H,17-18H2,1-2H3. The van der Waals surface area contributed by atoms with Crippen LogP contribution < -0.4 is 9.47 Å². The smallest absolute Gasteiger partial charge is 0.276 e. The third-order valence-corrected chi connectivity index (χ3v) is 5.04. The molecule has 0 spiro atoms. The summed E-state index contributed by atoms with van der Waals surface area (Å²) < 4.78 is 11.4. The van der Waals surface area contributed by atoms with Gasteiger partial charge in [0.15, 0.2) is 11.5 Å². The Bertz CT molecular complexity index is 1120. The SMILES string of the molecule is COc1ccc(C=C2C(=O)N(Cc3ccccc3)N=C2C)cc1OCc1ccccc1. The van der Waals surface area contributed by atoms with Gasteiger partial charge in [0.2, 0.25) is 0 Å². The Hall–Kier alpha value is -3.86. The van der Waals surface area contributed by atoms with E-state index in [9.17, 15) is 4.79 Å². The molecule has 3 aromatic carbocycles. The minimum atomic E-state index is -0.107. The number of methoxy groups -OCH3 is 1. The van der Waals surface area contributed by atoms with Gasteiger partial charge in [0.1, 0.15) is 6.61 Å². The second-order valence-electron chi connectivity index (χ2n) is 7.28. The molecule has 0 radical (unpaired) electrons. The molecule has 1 amide bonds. The molecule has 156 valence electrons. The van der Waals surface area contributed by atoms with Gasteiger partial charge in [-0.15, -0.1) is 0 Å². The zero-order chi connectivity index (χ0) is 21.6. The van der Waals surface area contributed by atoms with E-state index in [1.165, 1.54) is 5.01 Å². The zero-order valence-electron chi connectivity index (χ0n) is 17.6. The Morgan fingerprint density at radius 1 is 0.903 bits per heavy atom. The van der Waals surface area contributed by atoms with Crippen LogP contribution in [-0.2, 0) is 17.9 Å². The van der Waals surface area contributed by atoms with Crippen LogP contribution in [0.4, 0.5) is 0 Å². The number of nitrogens with zero attached hydrogens (tertiary/aromatic N) is 2. The number of rotatable bonds is 7. The minimum Gasteiger partial charge on any atom is -0.493 e. The molecule has 0 saturated heterocycles. The van der Waals surface area contributed by atoms with Crippen molar-refractivity contribution >= 4 is 17.7 Å². The molecule has 1 heterocycles. The average Bonchev–Trinajstić information content (AvgIpc) is 3.06. The summed E-state index contributed by atoms with van der Waals surface area (Å²) in [6.07, 6.45) is 1.85. The van der Waals surface area contributed by atoms with Crippen molar-refractivity contribution in [1.29, 1.82) is 0 Å². The van der Waals surface area contributed by atoms with Gasteiger partial charge in [-0.05, 0) is 41.8 Å². The quantitative estimate of drug-likeness (QED) is 0.509. The highest BCUT2D eigenvalue weighted by molar-refractivity contribution is 6.26. The number of hydrogen-bond acceptors (Lipinski definition) is 4. The van der Waals surface area contributed by atoms with Crippen LogP contribution in [0, 0.1) is 0 Å². The fourth-order valence-electron chi connectivity index (χ4n) is 3.40. The van der Waals surface area contributed by atoms with E-state index in [0.717, 1.165) is 16.7 Å². The lowest BCUT2D eigenvalue weighted by Crippen LogP contribution is -2.21. The van der Waals surface area contributed by atoms with Crippen molar-refractivity contribution in [2.24, 2.45) is 5.10 Å². The lowest BCUT2D eigenvalue weighted by molar-refractivity contribution is -0.126. The molecule has 1 aliphatic rings. The summed E-state index contributed by atoms with van der Waals surface area (Å²) in [6.45, 7) is 2.73. The predicted octanol–water partition coefficient (Wildman–Crippen LogP) is 5.08. The van der Waals surface area contributed by atoms with E-state index in [2.05, 4.69) is 5.10 Å². The van der Waals surface area contributed by atoms with E-state index in [1.54, 1.807) is 7.11 Å². The highest BCUT2D eigenvalue weighted by Gasteiger charge is 2.27. The molecule has 1 aliphatic heterocycles. The molecule has 0 saturated carbocycles. The maximum absolute atomic E-state index is 12.9. The lowest BCUT2D eigenvalue weighted by Gasteiger charge is -2.12. The first kappa shape index (κ1) is 20.4. The maximum atomic E-state index is 12.9. The van der Waals surface area contributed by atoms with Crippen LogP contribution in [0.15, 0.2) is 89.5 Å². The van der Waals surface area contributed by atoms with Gasteiger partial charge in [-0.25, -0.2) is 5.01 Å². The highest BCUT2D eigenvalue weighted by Crippen LogP contribution is 2.30. The molecule has 0 N–H and O–H groups in total. The van der Waals surface area contributed by atoms with Crippen molar-refractivity contribution in [3.8, 4) is 11.5 Å². The number of amides is 1. The minimum absolute atomic E-state index is 0.107. The number of carbonyl (C=O) groups excluding carboxylic acids is 1. The van der Waals surface area contributed by atoms with Crippen molar-refractivity contribution < 1.29 is 14.3 Å². The van der Waals surface area contributed by atoms with Gasteiger partial charge in [0.05, 0.1) is 24.9 Å². The van der Waals surface area contributed by atoms with Crippen LogP contribution >= 0.6 is 0 Å². The number of ether oxygens (including phenoxy) is 2. The van der Waals surface area contributed by atoms with Gasteiger partial charge in [0, 0.05) is 0 Å². The van der Waals surface area contributed by atoms with Gasteiger partial charge in [-0.2, -0.15) is 5.10 Å². The first-order chi connectivity index (χ1) is 15.1. The molecule has 0 atom stereocenters. The van der Waals surface area contributed by atoms with Crippen LogP contribution in [0.2, 0.25) is 0 Å². The van der Waals surface area contributed by atoms with Crippen molar-refractivity contribution in [3.63, 3.8) is 0 Å². The summed E-state index contributed by atoms with van der Waals surface area (Å²) in [4.78, 5) is 12.9. The summed E-state index contributed by atoms with van der Waals surface area (Å²) in [5.74, 6) is 1.16. The number of hydrogen-bond donors (Lipinski definition) is 0. The molecule has 0 aliphatic carbocycles. The Morgan fingerprint density at radius 3 is 2.26 bits per heavy atom. The second-order valence-corrected chi connectivity index (χ2v) is 7.28. The van der Waals surface area contributed by atoms with Crippen LogP contribution in [-0.4, -0.2) is 23.7 Å². The molecule has 4 rings (SSSR count). The molecular weight excluding hydrogens is 388 g/mol. The van der Waals surface area contributed by atoms with Gasteiger partial charge in [-0.3, -0.25) is 4.79 Å². The number of hydrazone groups is 1. The van der Waals surface area contributed by atoms with Crippen LogP contribution in [0.1, 0.15) is 23.6 Å². The van der Waals surface area contributed by atoms with Gasteiger partial charge < -0.3 is 9.47 Å². The summed E-state index contributed by atoms with van der Waals surface area (Å²) >= 11 is 0. The molecule has 0 aromatic heterocycles. The fraction of sp³-hybridized carbons (Fsp3) is 0.154. The van der Waals surface area contributed by atoms with E-state index in [4.69, 9.17) is 9.47 Å². The van der Waals surface area contributed by atoms with Crippen LogP contribution in [0.3, 0.4) is 0 Å². The Balaban J connectivity index is 1.53. The van der Waals surface area contributed by atoms with E-state index < -0.39 is 0 Å². The van der Waals surface area contributed by atoms with Crippen molar-refractivity contribution in [2.45, 2.75) is 20.1 Å². The molecule has 5 heteroatoms. The summed E-state index contributed by atoms with van der Waals surface area (Å²) in [5, 5.41) is 5.96. The average molecular weight is 412 g/mol. The normalized spacial score (nSPS) is 14.6. The van der Waals surface area contributed by atoms with Gasteiger partial charge >= 0.3 is 0 Å². The Kier molecular flexibility index (Phi) is 6.13.